The molecule has 1 aromatic carbocycles. The maximum Gasteiger partial charge on any atom is 0.282 e. The van der Waals surface area contributed by atoms with E-state index in [1.165, 1.54) is 17.8 Å². The van der Waals surface area contributed by atoms with Crippen LogP contribution < -0.4 is 10.2 Å². The Hall–Kier alpha value is -2.65. The summed E-state index contributed by atoms with van der Waals surface area (Å²) in [5.74, 6) is 0.322. The lowest BCUT2D eigenvalue weighted by Gasteiger charge is -2.29. The van der Waals surface area contributed by atoms with E-state index in [-0.39, 0.29) is 17.8 Å². The van der Waals surface area contributed by atoms with Crippen LogP contribution in [0.1, 0.15) is 15.9 Å². The molecule has 2 heterocycles. The monoisotopic (exact) mass is 388 g/mol. The fourth-order valence-corrected chi connectivity index (χ4v) is 3.32. The van der Waals surface area contributed by atoms with E-state index in [4.69, 9.17) is 4.74 Å². The first kappa shape index (κ1) is 19.1. The standard InChI is InChI=1S/C18H20N4O4S/c1-27-14-4-5-16(22(24)25)15(11-14)18(23)20-12-13-3-2-6-19-17(13)21-7-9-26-10-8-21/h2-6,11H,7-10,12H2,1H3,(H,20,23). The van der Waals surface area contributed by atoms with Crippen molar-refractivity contribution in [2.75, 3.05) is 37.5 Å². The number of rotatable bonds is 6. The summed E-state index contributed by atoms with van der Waals surface area (Å²) in [4.78, 5) is 30.7. The van der Waals surface area contributed by atoms with Crippen LogP contribution in [0.25, 0.3) is 0 Å². The Morgan fingerprint density at radius 1 is 1.37 bits per heavy atom. The molecule has 0 radical (unpaired) electrons. The highest BCUT2D eigenvalue weighted by molar-refractivity contribution is 7.98. The van der Waals surface area contributed by atoms with Crippen molar-refractivity contribution in [1.82, 2.24) is 10.3 Å². The largest absolute Gasteiger partial charge is 0.378 e. The molecule has 27 heavy (non-hydrogen) atoms. The minimum absolute atomic E-state index is 0.0589. The first-order chi connectivity index (χ1) is 13.1. The van der Waals surface area contributed by atoms with E-state index in [0.29, 0.717) is 13.2 Å². The number of ether oxygens (including phenoxy) is 1. The van der Waals surface area contributed by atoms with Gasteiger partial charge in [-0.3, -0.25) is 14.9 Å². The quantitative estimate of drug-likeness (QED) is 0.461. The van der Waals surface area contributed by atoms with Gasteiger partial charge >= 0.3 is 0 Å². The number of carbonyl (C=O) groups excluding carboxylic acids is 1. The molecule has 1 saturated heterocycles. The number of amides is 1. The fourth-order valence-electron chi connectivity index (χ4n) is 2.88. The van der Waals surface area contributed by atoms with Gasteiger partial charge < -0.3 is 15.0 Å². The van der Waals surface area contributed by atoms with Gasteiger partial charge in [-0.1, -0.05) is 6.07 Å². The zero-order valence-corrected chi connectivity index (χ0v) is 15.7. The molecule has 0 unspecified atom stereocenters. The van der Waals surface area contributed by atoms with Crippen LogP contribution in [0.15, 0.2) is 41.4 Å². The maximum atomic E-state index is 12.6. The molecule has 2 aromatic rings. The molecule has 1 aromatic heterocycles. The third kappa shape index (κ3) is 4.55. The molecule has 3 rings (SSSR count). The van der Waals surface area contributed by atoms with Crippen molar-refractivity contribution in [2.24, 2.45) is 0 Å². The van der Waals surface area contributed by atoms with E-state index in [1.807, 2.05) is 18.4 Å². The zero-order chi connectivity index (χ0) is 19.2. The highest BCUT2D eigenvalue weighted by atomic mass is 32.2. The number of nitrogens with one attached hydrogen (secondary N) is 1. The van der Waals surface area contributed by atoms with Crippen molar-refractivity contribution in [3.63, 3.8) is 0 Å². The Morgan fingerprint density at radius 2 is 2.15 bits per heavy atom. The second kappa shape index (κ2) is 8.83. The van der Waals surface area contributed by atoms with Gasteiger partial charge in [0.2, 0.25) is 0 Å². The molecule has 9 heteroatoms. The normalized spacial score (nSPS) is 14.0. The number of hydrogen-bond acceptors (Lipinski definition) is 7. The van der Waals surface area contributed by atoms with Gasteiger partial charge in [0.05, 0.1) is 18.1 Å². The number of anilines is 1. The number of morpholine rings is 1. The first-order valence-electron chi connectivity index (χ1n) is 8.47. The lowest BCUT2D eigenvalue weighted by molar-refractivity contribution is -0.385. The van der Waals surface area contributed by atoms with Crippen molar-refractivity contribution in [1.29, 1.82) is 0 Å². The minimum Gasteiger partial charge on any atom is -0.378 e. The van der Waals surface area contributed by atoms with Crippen LogP contribution in [0.5, 0.6) is 0 Å². The van der Waals surface area contributed by atoms with E-state index < -0.39 is 10.8 Å². The molecule has 0 spiro atoms. The van der Waals surface area contributed by atoms with Gasteiger partial charge in [0, 0.05) is 42.4 Å². The summed E-state index contributed by atoms with van der Waals surface area (Å²) in [6.07, 6.45) is 3.57. The average molecular weight is 388 g/mol. The second-order valence-electron chi connectivity index (χ2n) is 5.91. The van der Waals surface area contributed by atoms with Gasteiger partial charge in [0.25, 0.3) is 11.6 Å². The van der Waals surface area contributed by atoms with Gasteiger partial charge in [-0.15, -0.1) is 11.8 Å². The summed E-state index contributed by atoms with van der Waals surface area (Å²) in [6, 6.07) is 8.25. The van der Waals surface area contributed by atoms with Crippen molar-refractivity contribution in [3.8, 4) is 0 Å². The van der Waals surface area contributed by atoms with E-state index in [9.17, 15) is 14.9 Å². The minimum atomic E-state index is -0.539. The molecule has 1 amide bonds. The van der Waals surface area contributed by atoms with E-state index in [2.05, 4.69) is 15.2 Å². The summed E-state index contributed by atoms with van der Waals surface area (Å²) in [6.45, 7) is 2.98. The Balaban J connectivity index is 1.78. The zero-order valence-electron chi connectivity index (χ0n) is 14.9. The molecule has 1 aliphatic heterocycles. The van der Waals surface area contributed by atoms with E-state index >= 15 is 0 Å². The average Bonchev–Trinajstić information content (AvgIpc) is 2.72. The predicted octanol–water partition coefficient (Wildman–Crippen LogP) is 2.48. The number of carbonyl (C=O) groups is 1. The van der Waals surface area contributed by atoms with E-state index in [0.717, 1.165) is 29.4 Å². The summed E-state index contributed by atoms with van der Waals surface area (Å²) >= 11 is 1.43. The number of nitrogens with zero attached hydrogens (tertiary/aromatic N) is 3. The van der Waals surface area contributed by atoms with Crippen LogP contribution in [0.2, 0.25) is 0 Å². The van der Waals surface area contributed by atoms with Gasteiger partial charge in [-0.25, -0.2) is 4.98 Å². The fraction of sp³-hybridized carbons (Fsp3) is 0.333. The van der Waals surface area contributed by atoms with Crippen molar-refractivity contribution in [3.05, 3.63) is 57.8 Å². The highest BCUT2D eigenvalue weighted by Gasteiger charge is 2.21. The topological polar surface area (TPSA) is 97.6 Å². The third-order valence-corrected chi connectivity index (χ3v) is 4.99. The number of nitro benzene ring substituents is 1. The summed E-state index contributed by atoms with van der Waals surface area (Å²) in [7, 11) is 0. The molecule has 142 valence electrons. The summed E-state index contributed by atoms with van der Waals surface area (Å²) < 4.78 is 5.37. The number of thioether (sulfide) groups is 1. The molecule has 1 fully saturated rings. The number of nitro groups is 1. The van der Waals surface area contributed by atoms with Gasteiger partial charge in [-0.05, 0) is 24.5 Å². The second-order valence-corrected chi connectivity index (χ2v) is 6.79. The molecule has 0 aliphatic carbocycles. The highest BCUT2D eigenvalue weighted by Crippen LogP contribution is 2.25. The molecular formula is C18H20N4O4S. The Bertz CT molecular complexity index is 840. The Kier molecular flexibility index (Phi) is 6.25. The van der Waals surface area contributed by atoms with Gasteiger partial charge in [0.1, 0.15) is 11.4 Å². The summed E-state index contributed by atoms with van der Waals surface area (Å²) in [5.41, 5.74) is 0.713. The molecule has 0 bridgehead atoms. The van der Waals surface area contributed by atoms with Crippen molar-refractivity contribution in [2.45, 2.75) is 11.4 Å². The molecule has 1 aliphatic rings. The smallest absolute Gasteiger partial charge is 0.282 e. The Morgan fingerprint density at radius 3 is 2.85 bits per heavy atom. The third-order valence-electron chi connectivity index (χ3n) is 4.26. The lowest BCUT2D eigenvalue weighted by atomic mass is 10.1. The number of pyridine rings is 1. The first-order valence-corrected chi connectivity index (χ1v) is 9.70. The van der Waals surface area contributed by atoms with E-state index in [1.54, 1.807) is 18.3 Å². The van der Waals surface area contributed by atoms with Crippen molar-refractivity contribution >= 4 is 29.2 Å². The van der Waals surface area contributed by atoms with Crippen LogP contribution >= 0.6 is 11.8 Å². The molecule has 1 N–H and O–H groups in total. The van der Waals surface area contributed by atoms with Gasteiger partial charge in [0.15, 0.2) is 0 Å². The van der Waals surface area contributed by atoms with Crippen LogP contribution in [0, 0.1) is 10.1 Å². The molecule has 0 atom stereocenters. The molecule has 8 nitrogen and oxygen atoms in total. The molecule has 0 saturated carbocycles. The van der Waals surface area contributed by atoms with Crippen LogP contribution in [-0.2, 0) is 11.3 Å². The SMILES string of the molecule is CSc1ccc([N+](=O)[O-])c(C(=O)NCc2cccnc2N2CCOCC2)c1. The lowest BCUT2D eigenvalue weighted by Crippen LogP contribution is -2.37. The predicted molar refractivity (Wildman–Crippen MR) is 103 cm³/mol. The maximum absolute atomic E-state index is 12.6. The number of hydrogen-bond donors (Lipinski definition) is 1. The van der Waals surface area contributed by atoms with Crippen molar-refractivity contribution < 1.29 is 14.5 Å². The van der Waals surface area contributed by atoms with Gasteiger partial charge in [-0.2, -0.15) is 0 Å². The number of aromatic nitrogens is 1. The Labute approximate surface area is 161 Å². The van der Waals surface area contributed by atoms with Crippen LogP contribution in [0.4, 0.5) is 11.5 Å². The van der Waals surface area contributed by atoms with Crippen LogP contribution in [0.3, 0.4) is 0 Å². The molecular weight excluding hydrogens is 368 g/mol. The van der Waals surface area contributed by atoms with Crippen LogP contribution in [-0.4, -0.2) is 48.4 Å². The summed E-state index contributed by atoms with van der Waals surface area (Å²) in [5, 5.41) is 14.0. The number of benzene rings is 1.